The standard InChI is InChI=1S/C25H25N5O/c1-25(2)12-15-29-23(31)16-22(21-10-13-26-17-27-21)28-24(29)30(25)14-11-19-8-5-7-18-6-3-4-9-20(18)19/h3-10,13,16-17H,11-12,14-15H2,1-2H3. The molecule has 5 rings (SSSR count). The van der Waals surface area contributed by atoms with E-state index in [2.05, 4.69) is 71.2 Å². The van der Waals surface area contributed by atoms with Gasteiger partial charge in [0, 0.05) is 30.9 Å². The Balaban J connectivity index is 1.54. The zero-order valence-electron chi connectivity index (χ0n) is 17.8. The van der Waals surface area contributed by atoms with E-state index in [1.807, 2.05) is 0 Å². The van der Waals surface area contributed by atoms with Gasteiger partial charge in [-0.3, -0.25) is 9.36 Å². The number of hydrogen-bond acceptors (Lipinski definition) is 5. The van der Waals surface area contributed by atoms with E-state index in [0.29, 0.717) is 17.9 Å². The van der Waals surface area contributed by atoms with Crippen molar-refractivity contribution in [1.82, 2.24) is 19.5 Å². The third-order valence-corrected chi connectivity index (χ3v) is 6.24. The Morgan fingerprint density at radius 3 is 2.71 bits per heavy atom. The Morgan fingerprint density at radius 1 is 1.03 bits per heavy atom. The van der Waals surface area contributed by atoms with Gasteiger partial charge in [0.15, 0.2) is 0 Å². The smallest absolute Gasteiger partial charge is 0.255 e. The second kappa shape index (κ2) is 7.61. The summed E-state index contributed by atoms with van der Waals surface area (Å²) in [5.41, 5.74) is 2.41. The molecule has 2 aromatic heterocycles. The van der Waals surface area contributed by atoms with Gasteiger partial charge < -0.3 is 4.90 Å². The highest BCUT2D eigenvalue weighted by Crippen LogP contribution is 2.32. The van der Waals surface area contributed by atoms with Gasteiger partial charge in [-0.1, -0.05) is 42.5 Å². The van der Waals surface area contributed by atoms with E-state index in [4.69, 9.17) is 4.98 Å². The molecule has 0 radical (unpaired) electrons. The molecule has 6 nitrogen and oxygen atoms in total. The lowest BCUT2D eigenvalue weighted by Gasteiger charge is -2.44. The summed E-state index contributed by atoms with van der Waals surface area (Å²) in [5.74, 6) is 0.720. The first-order valence-electron chi connectivity index (χ1n) is 10.7. The second-order valence-corrected chi connectivity index (χ2v) is 8.63. The van der Waals surface area contributed by atoms with Crippen LogP contribution >= 0.6 is 0 Å². The summed E-state index contributed by atoms with van der Waals surface area (Å²) < 4.78 is 1.79. The zero-order chi connectivity index (χ0) is 21.4. The SMILES string of the molecule is CC1(C)CCn2c(nc(-c3ccncn3)cc2=O)N1CCc1cccc2ccccc12. The molecule has 3 heterocycles. The summed E-state index contributed by atoms with van der Waals surface area (Å²) in [4.78, 5) is 28.4. The first-order chi connectivity index (χ1) is 15.0. The Labute approximate surface area is 181 Å². The van der Waals surface area contributed by atoms with Crippen LogP contribution in [0.3, 0.4) is 0 Å². The van der Waals surface area contributed by atoms with Gasteiger partial charge in [0.05, 0.1) is 11.4 Å². The van der Waals surface area contributed by atoms with E-state index in [0.717, 1.165) is 25.3 Å². The number of hydrogen-bond donors (Lipinski definition) is 0. The Kier molecular flexibility index (Phi) is 4.77. The molecule has 1 aliphatic heterocycles. The fourth-order valence-electron chi connectivity index (χ4n) is 4.42. The Bertz CT molecular complexity index is 1290. The van der Waals surface area contributed by atoms with Crippen molar-refractivity contribution in [1.29, 1.82) is 0 Å². The van der Waals surface area contributed by atoms with Crippen molar-refractivity contribution in [3.8, 4) is 11.4 Å². The largest absolute Gasteiger partial charge is 0.337 e. The minimum atomic E-state index is -0.103. The van der Waals surface area contributed by atoms with Gasteiger partial charge in [0.1, 0.15) is 6.33 Å². The van der Waals surface area contributed by atoms with Gasteiger partial charge in [0.25, 0.3) is 5.56 Å². The molecule has 0 saturated heterocycles. The molecule has 6 heteroatoms. The third-order valence-electron chi connectivity index (χ3n) is 6.24. The number of rotatable bonds is 4. The van der Waals surface area contributed by atoms with Crippen molar-refractivity contribution in [2.45, 2.75) is 38.8 Å². The fraction of sp³-hybridized carbons (Fsp3) is 0.280. The lowest BCUT2D eigenvalue weighted by atomic mass is 9.94. The molecule has 0 atom stereocenters. The number of aromatic nitrogens is 4. The molecule has 0 aliphatic carbocycles. The van der Waals surface area contributed by atoms with Crippen LogP contribution in [0.15, 0.2) is 71.9 Å². The van der Waals surface area contributed by atoms with Crippen LogP contribution in [-0.2, 0) is 13.0 Å². The van der Waals surface area contributed by atoms with Crippen LogP contribution < -0.4 is 10.5 Å². The zero-order valence-corrected chi connectivity index (χ0v) is 17.8. The van der Waals surface area contributed by atoms with Gasteiger partial charge in [-0.2, -0.15) is 0 Å². The summed E-state index contributed by atoms with van der Waals surface area (Å²) in [6.07, 6.45) is 4.92. The van der Waals surface area contributed by atoms with E-state index in [1.54, 1.807) is 22.9 Å². The Hall–Kier alpha value is -3.54. The highest BCUT2D eigenvalue weighted by Gasteiger charge is 2.34. The van der Waals surface area contributed by atoms with Crippen molar-refractivity contribution in [2.75, 3.05) is 11.4 Å². The van der Waals surface area contributed by atoms with Gasteiger partial charge >= 0.3 is 0 Å². The predicted octanol–water partition coefficient (Wildman–Crippen LogP) is 4.08. The van der Waals surface area contributed by atoms with Crippen LogP contribution in [0.25, 0.3) is 22.2 Å². The average molecular weight is 412 g/mol. The molecule has 0 spiro atoms. The van der Waals surface area contributed by atoms with E-state index in [-0.39, 0.29) is 11.1 Å². The first-order valence-corrected chi connectivity index (χ1v) is 10.7. The number of anilines is 1. The summed E-state index contributed by atoms with van der Waals surface area (Å²) in [6.45, 7) is 5.90. The maximum atomic E-state index is 12.9. The highest BCUT2D eigenvalue weighted by atomic mass is 16.1. The minimum absolute atomic E-state index is 0.0377. The lowest BCUT2D eigenvalue weighted by Crippen LogP contribution is -2.52. The number of nitrogens with zero attached hydrogens (tertiary/aromatic N) is 5. The van der Waals surface area contributed by atoms with Crippen LogP contribution in [0, 0.1) is 0 Å². The van der Waals surface area contributed by atoms with E-state index >= 15 is 0 Å². The molecule has 4 aromatic rings. The van der Waals surface area contributed by atoms with Crippen molar-refractivity contribution >= 4 is 16.7 Å². The molecule has 0 N–H and O–H groups in total. The molecule has 156 valence electrons. The fourth-order valence-corrected chi connectivity index (χ4v) is 4.42. The molecule has 0 fully saturated rings. The van der Waals surface area contributed by atoms with E-state index in [9.17, 15) is 4.79 Å². The van der Waals surface area contributed by atoms with Crippen LogP contribution in [-0.4, -0.2) is 31.6 Å². The molecule has 31 heavy (non-hydrogen) atoms. The molecule has 0 unspecified atom stereocenters. The van der Waals surface area contributed by atoms with Crippen molar-refractivity contribution in [2.24, 2.45) is 0 Å². The van der Waals surface area contributed by atoms with Crippen molar-refractivity contribution in [3.63, 3.8) is 0 Å². The summed E-state index contributed by atoms with van der Waals surface area (Å²) in [5, 5.41) is 2.53. The normalized spacial score (nSPS) is 15.1. The van der Waals surface area contributed by atoms with Crippen molar-refractivity contribution in [3.05, 3.63) is 83.0 Å². The molecule has 0 amide bonds. The average Bonchev–Trinajstić information content (AvgIpc) is 2.78. The van der Waals surface area contributed by atoms with Gasteiger partial charge in [-0.25, -0.2) is 15.0 Å². The molecule has 0 bridgehead atoms. The van der Waals surface area contributed by atoms with Gasteiger partial charge in [-0.15, -0.1) is 0 Å². The first kappa shape index (κ1) is 19.4. The van der Waals surface area contributed by atoms with Gasteiger partial charge in [-0.05, 0) is 49.1 Å². The monoisotopic (exact) mass is 411 g/mol. The molecule has 2 aromatic carbocycles. The second-order valence-electron chi connectivity index (χ2n) is 8.63. The van der Waals surface area contributed by atoms with Crippen LogP contribution in [0.4, 0.5) is 5.95 Å². The Morgan fingerprint density at radius 2 is 1.87 bits per heavy atom. The summed E-state index contributed by atoms with van der Waals surface area (Å²) in [7, 11) is 0. The third kappa shape index (κ3) is 3.58. The molecule has 1 aliphatic rings. The highest BCUT2D eigenvalue weighted by molar-refractivity contribution is 5.85. The topological polar surface area (TPSA) is 63.9 Å². The van der Waals surface area contributed by atoms with Crippen LogP contribution in [0.1, 0.15) is 25.8 Å². The van der Waals surface area contributed by atoms with E-state index < -0.39 is 0 Å². The maximum Gasteiger partial charge on any atom is 0.255 e. The number of benzene rings is 2. The predicted molar refractivity (Wildman–Crippen MR) is 123 cm³/mol. The minimum Gasteiger partial charge on any atom is -0.337 e. The maximum absolute atomic E-state index is 12.9. The summed E-state index contributed by atoms with van der Waals surface area (Å²) >= 11 is 0. The summed E-state index contributed by atoms with van der Waals surface area (Å²) in [6, 6.07) is 18.3. The molecule has 0 saturated carbocycles. The number of fused-ring (bicyclic) bond motifs is 2. The van der Waals surface area contributed by atoms with Crippen LogP contribution in [0.2, 0.25) is 0 Å². The van der Waals surface area contributed by atoms with Crippen molar-refractivity contribution < 1.29 is 0 Å². The molecular formula is C25H25N5O. The van der Waals surface area contributed by atoms with Gasteiger partial charge in [0.2, 0.25) is 5.95 Å². The quantitative estimate of drug-likeness (QED) is 0.506. The van der Waals surface area contributed by atoms with Crippen LogP contribution in [0.5, 0.6) is 0 Å². The van der Waals surface area contributed by atoms with E-state index in [1.165, 1.54) is 22.7 Å². The lowest BCUT2D eigenvalue weighted by molar-refractivity contribution is 0.348. The molecular weight excluding hydrogens is 386 g/mol.